The maximum absolute atomic E-state index is 12.0. The van der Waals surface area contributed by atoms with Crippen LogP contribution in [0.3, 0.4) is 0 Å². The van der Waals surface area contributed by atoms with E-state index in [0.717, 1.165) is 30.8 Å². The molecular weight excluding hydrogens is 358 g/mol. The lowest BCUT2D eigenvalue weighted by molar-refractivity contribution is 0.0525. The summed E-state index contributed by atoms with van der Waals surface area (Å²) >= 11 is 5.38. The first kappa shape index (κ1) is 20.7. The van der Waals surface area contributed by atoms with Crippen LogP contribution in [0.15, 0.2) is 48.5 Å². The number of nitrogens with one attached hydrogen (secondary N) is 2. The normalized spacial score (nSPS) is 10.2. The predicted octanol–water partition coefficient (Wildman–Crippen LogP) is 3.98. The highest BCUT2D eigenvalue weighted by molar-refractivity contribution is 7.80. The van der Waals surface area contributed by atoms with Gasteiger partial charge in [0.1, 0.15) is 0 Å². The summed E-state index contributed by atoms with van der Waals surface area (Å²) in [7, 11) is 2.08. The molecule has 27 heavy (non-hydrogen) atoms. The molecule has 0 unspecified atom stereocenters. The van der Waals surface area contributed by atoms with Crippen molar-refractivity contribution in [2.24, 2.45) is 0 Å². The Labute approximate surface area is 166 Å². The molecule has 0 aliphatic heterocycles. The van der Waals surface area contributed by atoms with Crippen molar-refractivity contribution in [2.45, 2.75) is 20.3 Å². The van der Waals surface area contributed by atoms with Gasteiger partial charge in [0.2, 0.25) is 0 Å². The fourth-order valence-electron chi connectivity index (χ4n) is 2.70. The highest BCUT2D eigenvalue weighted by Gasteiger charge is 2.13. The molecule has 0 radical (unpaired) electrons. The maximum Gasteiger partial charge on any atom is 0.338 e. The Morgan fingerprint density at radius 2 is 1.89 bits per heavy atom. The van der Waals surface area contributed by atoms with Crippen LogP contribution < -0.4 is 15.5 Å². The number of rotatable bonds is 8. The summed E-state index contributed by atoms with van der Waals surface area (Å²) < 4.78 is 5.09. The van der Waals surface area contributed by atoms with Crippen molar-refractivity contribution in [3.8, 4) is 0 Å². The van der Waals surface area contributed by atoms with Crippen LogP contribution in [-0.2, 0) is 4.74 Å². The van der Waals surface area contributed by atoms with Gasteiger partial charge >= 0.3 is 5.97 Å². The largest absolute Gasteiger partial charge is 0.462 e. The van der Waals surface area contributed by atoms with Gasteiger partial charge in [-0.3, -0.25) is 0 Å². The van der Waals surface area contributed by atoms with Crippen molar-refractivity contribution in [2.75, 3.05) is 37.0 Å². The summed E-state index contributed by atoms with van der Waals surface area (Å²) in [5.74, 6) is -0.318. The number of esters is 1. The molecule has 0 saturated heterocycles. The molecule has 6 heteroatoms. The van der Waals surface area contributed by atoms with E-state index in [1.165, 1.54) is 5.69 Å². The predicted molar refractivity (Wildman–Crippen MR) is 116 cm³/mol. The van der Waals surface area contributed by atoms with Crippen LogP contribution in [0.4, 0.5) is 11.4 Å². The molecule has 5 nitrogen and oxygen atoms in total. The van der Waals surface area contributed by atoms with Gasteiger partial charge in [-0.2, -0.15) is 0 Å². The van der Waals surface area contributed by atoms with Gasteiger partial charge < -0.3 is 20.3 Å². The smallest absolute Gasteiger partial charge is 0.338 e. The van der Waals surface area contributed by atoms with Gasteiger partial charge in [-0.05, 0) is 62.3 Å². The SMILES string of the molecule is CCOC(=O)c1cccc(NC(=S)NCCCN(C)c2ccccc2)c1C. The molecule has 0 heterocycles. The van der Waals surface area contributed by atoms with Gasteiger partial charge in [0.25, 0.3) is 0 Å². The van der Waals surface area contributed by atoms with E-state index in [2.05, 4.69) is 34.7 Å². The maximum atomic E-state index is 12.0. The molecule has 0 bridgehead atoms. The number of para-hydroxylation sites is 1. The average molecular weight is 386 g/mol. The van der Waals surface area contributed by atoms with E-state index >= 15 is 0 Å². The molecule has 2 rings (SSSR count). The molecule has 0 atom stereocenters. The Hall–Kier alpha value is -2.60. The third kappa shape index (κ3) is 6.25. The highest BCUT2D eigenvalue weighted by Crippen LogP contribution is 2.19. The molecule has 0 saturated carbocycles. The average Bonchev–Trinajstić information content (AvgIpc) is 2.67. The third-order valence-electron chi connectivity index (χ3n) is 4.23. The minimum atomic E-state index is -0.318. The van der Waals surface area contributed by atoms with Crippen molar-refractivity contribution >= 4 is 34.7 Å². The molecule has 0 fully saturated rings. The summed E-state index contributed by atoms with van der Waals surface area (Å²) in [5.41, 5.74) is 3.38. The van der Waals surface area contributed by atoms with E-state index in [1.807, 2.05) is 37.3 Å². The second-order valence-corrected chi connectivity index (χ2v) is 6.60. The summed E-state index contributed by atoms with van der Waals surface area (Å²) in [4.78, 5) is 14.2. The number of thiocarbonyl (C=S) groups is 1. The summed E-state index contributed by atoms with van der Waals surface area (Å²) in [6.45, 7) is 5.72. The third-order valence-corrected chi connectivity index (χ3v) is 4.48. The first-order chi connectivity index (χ1) is 13.0. The molecule has 0 aromatic heterocycles. The van der Waals surface area contributed by atoms with Crippen LogP contribution >= 0.6 is 12.2 Å². The Bertz CT molecular complexity index is 765. The number of hydrogen-bond acceptors (Lipinski definition) is 4. The van der Waals surface area contributed by atoms with Gasteiger partial charge in [0.05, 0.1) is 12.2 Å². The first-order valence-electron chi connectivity index (χ1n) is 9.10. The zero-order chi connectivity index (χ0) is 19.6. The van der Waals surface area contributed by atoms with Crippen molar-refractivity contribution < 1.29 is 9.53 Å². The zero-order valence-corrected chi connectivity index (χ0v) is 16.9. The standard InChI is InChI=1S/C21H27N3O2S/c1-4-26-20(25)18-12-8-13-19(16(18)2)23-21(27)22-14-9-15-24(3)17-10-6-5-7-11-17/h5-8,10-13H,4,9,14-15H2,1-3H3,(H2,22,23,27). The molecule has 2 aromatic rings. The molecule has 0 amide bonds. The molecule has 2 aromatic carbocycles. The minimum Gasteiger partial charge on any atom is -0.462 e. The summed E-state index contributed by atoms with van der Waals surface area (Å²) in [5, 5.41) is 6.93. The number of benzene rings is 2. The number of carbonyl (C=O) groups is 1. The molecular formula is C21H27N3O2S. The van der Waals surface area contributed by atoms with Crippen molar-refractivity contribution in [1.82, 2.24) is 5.32 Å². The summed E-state index contributed by atoms with van der Waals surface area (Å²) in [6.07, 6.45) is 0.953. The second-order valence-electron chi connectivity index (χ2n) is 6.19. The van der Waals surface area contributed by atoms with Crippen LogP contribution in [0.2, 0.25) is 0 Å². The fourth-order valence-corrected chi connectivity index (χ4v) is 2.91. The highest BCUT2D eigenvalue weighted by atomic mass is 32.1. The van der Waals surface area contributed by atoms with Crippen molar-refractivity contribution in [3.05, 3.63) is 59.7 Å². The monoisotopic (exact) mass is 385 g/mol. The molecule has 144 valence electrons. The van der Waals surface area contributed by atoms with E-state index in [4.69, 9.17) is 17.0 Å². The van der Waals surface area contributed by atoms with E-state index in [-0.39, 0.29) is 5.97 Å². The minimum absolute atomic E-state index is 0.318. The van der Waals surface area contributed by atoms with E-state index in [9.17, 15) is 4.79 Å². The Morgan fingerprint density at radius 1 is 1.15 bits per heavy atom. The van der Waals surface area contributed by atoms with Gasteiger partial charge in [0, 0.05) is 31.5 Å². The summed E-state index contributed by atoms with van der Waals surface area (Å²) in [6, 6.07) is 15.8. The number of ether oxygens (including phenoxy) is 1. The van der Waals surface area contributed by atoms with Gasteiger partial charge in [-0.1, -0.05) is 24.3 Å². The molecule has 2 N–H and O–H groups in total. The van der Waals surface area contributed by atoms with Crippen LogP contribution in [0.5, 0.6) is 0 Å². The first-order valence-corrected chi connectivity index (χ1v) is 9.51. The quantitative estimate of drug-likeness (QED) is 0.407. The zero-order valence-electron chi connectivity index (χ0n) is 16.1. The van der Waals surface area contributed by atoms with Crippen LogP contribution in [0, 0.1) is 6.92 Å². The van der Waals surface area contributed by atoms with Crippen LogP contribution in [0.25, 0.3) is 0 Å². The number of nitrogens with zero attached hydrogens (tertiary/aromatic N) is 1. The van der Waals surface area contributed by atoms with Crippen LogP contribution in [0.1, 0.15) is 29.3 Å². The lowest BCUT2D eigenvalue weighted by atomic mass is 10.1. The molecule has 0 aliphatic rings. The van der Waals surface area contributed by atoms with E-state index in [1.54, 1.807) is 13.0 Å². The van der Waals surface area contributed by atoms with E-state index < -0.39 is 0 Å². The number of anilines is 2. The lowest BCUT2D eigenvalue weighted by Crippen LogP contribution is -2.31. The van der Waals surface area contributed by atoms with Crippen molar-refractivity contribution in [3.63, 3.8) is 0 Å². The molecule has 0 aliphatic carbocycles. The number of hydrogen-bond donors (Lipinski definition) is 2. The Kier molecular flexibility index (Phi) is 8.07. The fraction of sp³-hybridized carbons (Fsp3) is 0.333. The van der Waals surface area contributed by atoms with Crippen LogP contribution in [-0.4, -0.2) is 37.8 Å². The topological polar surface area (TPSA) is 53.6 Å². The lowest BCUT2D eigenvalue weighted by Gasteiger charge is -2.19. The van der Waals surface area contributed by atoms with Gasteiger partial charge in [-0.25, -0.2) is 4.79 Å². The number of carbonyl (C=O) groups excluding carboxylic acids is 1. The van der Waals surface area contributed by atoms with Gasteiger partial charge in [-0.15, -0.1) is 0 Å². The van der Waals surface area contributed by atoms with E-state index in [0.29, 0.717) is 17.3 Å². The molecule has 0 spiro atoms. The Morgan fingerprint density at radius 3 is 2.59 bits per heavy atom. The second kappa shape index (κ2) is 10.5. The van der Waals surface area contributed by atoms with Crippen molar-refractivity contribution in [1.29, 1.82) is 0 Å². The Balaban J connectivity index is 1.80. The van der Waals surface area contributed by atoms with Gasteiger partial charge in [0.15, 0.2) is 5.11 Å².